The fourth-order valence-corrected chi connectivity index (χ4v) is 3.49. The number of hydrogen-bond acceptors (Lipinski definition) is 4. The molecule has 2 fully saturated rings. The minimum absolute atomic E-state index is 0.00201. The summed E-state index contributed by atoms with van der Waals surface area (Å²) >= 11 is 5.94. The van der Waals surface area contributed by atoms with E-state index in [1.807, 2.05) is 24.3 Å². The van der Waals surface area contributed by atoms with E-state index in [9.17, 15) is 9.59 Å². The third-order valence-electron chi connectivity index (χ3n) is 5.16. The maximum absolute atomic E-state index is 12.5. The number of nitrogens with one attached hydrogen (secondary N) is 2. The van der Waals surface area contributed by atoms with Gasteiger partial charge >= 0.3 is 0 Å². The molecule has 27 heavy (non-hydrogen) atoms. The van der Waals surface area contributed by atoms with Crippen LogP contribution in [-0.2, 0) is 9.59 Å². The van der Waals surface area contributed by atoms with E-state index in [1.54, 1.807) is 0 Å². The van der Waals surface area contributed by atoms with Crippen LogP contribution >= 0.6 is 11.6 Å². The molecule has 1 atom stereocenters. The Labute approximate surface area is 166 Å². The van der Waals surface area contributed by atoms with Crippen LogP contribution < -0.4 is 10.6 Å². The molecule has 2 N–H and O–H groups in total. The standard InChI is InChI=1S/C20H29ClN4O2/c1-2-18(15-3-5-16(21)6-4-15)23-20(27)14-25-11-9-24(10-12-25)13-19(26)22-17-7-8-17/h3-6,17-18H,2,7-14H2,1H3,(H,22,26)(H,23,27). The maximum atomic E-state index is 12.5. The Balaban J connectivity index is 1.39. The topological polar surface area (TPSA) is 64.7 Å². The molecule has 0 radical (unpaired) electrons. The lowest BCUT2D eigenvalue weighted by atomic mass is 10.0. The van der Waals surface area contributed by atoms with Crippen LogP contribution in [-0.4, -0.2) is 66.9 Å². The maximum Gasteiger partial charge on any atom is 0.234 e. The van der Waals surface area contributed by atoms with Gasteiger partial charge in [-0.2, -0.15) is 0 Å². The van der Waals surface area contributed by atoms with E-state index in [0.29, 0.717) is 24.2 Å². The van der Waals surface area contributed by atoms with Gasteiger partial charge in [-0.3, -0.25) is 19.4 Å². The highest BCUT2D eigenvalue weighted by Gasteiger charge is 2.26. The Morgan fingerprint density at radius 3 is 2.11 bits per heavy atom. The first-order chi connectivity index (χ1) is 13.0. The van der Waals surface area contributed by atoms with Gasteiger partial charge in [0.2, 0.25) is 11.8 Å². The van der Waals surface area contributed by atoms with E-state index in [2.05, 4.69) is 27.4 Å². The summed E-state index contributed by atoms with van der Waals surface area (Å²) in [5.41, 5.74) is 1.07. The first-order valence-electron chi connectivity index (χ1n) is 9.82. The third kappa shape index (κ3) is 6.48. The van der Waals surface area contributed by atoms with Crippen molar-refractivity contribution >= 4 is 23.4 Å². The molecule has 3 rings (SSSR count). The Kier molecular flexibility index (Phi) is 7.10. The predicted octanol–water partition coefficient (Wildman–Crippen LogP) is 1.80. The van der Waals surface area contributed by atoms with Crippen molar-refractivity contribution in [3.8, 4) is 0 Å². The zero-order valence-corrected chi connectivity index (χ0v) is 16.7. The van der Waals surface area contributed by atoms with Crippen LogP contribution in [0.2, 0.25) is 5.02 Å². The highest BCUT2D eigenvalue weighted by Crippen LogP contribution is 2.19. The van der Waals surface area contributed by atoms with Crippen LogP contribution in [0.15, 0.2) is 24.3 Å². The molecule has 2 aliphatic rings. The summed E-state index contributed by atoms with van der Waals surface area (Å²) < 4.78 is 0. The van der Waals surface area contributed by atoms with Crippen LogP contribution in [0.3, 0.4) is 0 Å². The largest absolute Gasteiger partial charge is 0.352 e. The van der Waals surface area contributed by atoms with Crippen LogP contribution in [0.4, 0.5) is 0 Å². The Morgan fingerprint density at radius 1 is 1.04 bits per heavy atom. The van der Waals surface area contributed by atoms with Crippen LogP contribution in [0.25, 0.3) is 0 Å². The van der Waals surface area contributed by atoms with E-state index >= 15 is 0 Å². The summed E-state index contributed by atoms with van der Waals surface area (Å²) in [5.74, 6) is 0.161. The number of benzene rings is 1. The van der Waals surface area contributed by atoms with Gasteiger partial charge in [0.05, 0.1) is 19.1 Å². The zero-order chi connectivity index (χ0) is 19.2. The van der Waals surface area contributed by atoms with Crippen LogP contribution in [0, 0.1) is 0 Å². The monoisotopic (exact) mass is 392 g/mol. The molecule has 1 heterocycles. The normalized spacial score (nSPS) is 19.5. The second kappa shape index (κ2) is 9.53. The molecule has 1 aromatic rings. The highest BCUT2D eigenvalue weighted by atomic mass is 35.5. The number of piperazine rings is 1. The van der Waals surface area contributed by atoms with Gasteiger partial charge in [-0.05, 0) is 37.0 Å². The molecule has 1 aliphatic carbocycles. The van der Waals surface area contributed by atoms with Crippen molar-refractivity contribution in [1.82, 2.24) is 20.4 Å². The van der Waals surface area contributed by atoms with Gasteiger partial charge in [0, 0.05) is 37.2 Å². The highest BCUT2D eigenvalue weighted by molar-refractivity contribution is 6.30. The van der Waals surface area contributed by atoms with Gasteiger partial charge in [0.25, 0.3) is 0 Å². The second-order valence-corrected chi connectivity index (χ2v) is 7.91. The smallest absolute Gasteiger partial charge is 0.234 e. The van der Waals surface area contributed by atoms with Gasteiger partial charge in [0.15, 0.2) is 0 Å². The molecule has 0 bridgehead atoms. The summed E-state index contributed by atoms with van der Waals surface area (Å²) in [5, 5.41) is 6.84. The van der Waals surface area contributed by atoms with Crippen molar-refractivity contribution in [2.75, 3.05) is 39.3 Å². The summed E-state index contributed by atoms with van der Waals surface area (Å²) in [4.78, 5) is 28.7. The lowest BCUT2D eigenvalue weighted by Gasteiger charge is -2.34. The fraction of sp³-hybridized carbons (Fsp3) is 0.600. The van der Waals surface area contributed by atoms with E-state index in [4.69, 9.17) is 11.6 Å². The van der Waals surface area contributed by atoms with E-state index in [1.165, 1.54) is 0 Å². The molecule has 1 saturated heterocycles. The lowest BCUT2D eigenvalue weighted by Crippen LogP contribution is -2.51. The van der Waals surface area contributed by atoms with Crippen molar-refractivity contribution in [1.29, 1.82) is 0 Å². The average Bonchev–Trinajstić information content (AvgIpc) is 3.46. The number of carbonyl (C=O) groups excluding carboxylic acids is 2. The van der Waals surface area contributed by atoms with E-state index < -0.39 is 0 Å². The number of hydrogen-bond donors (Lipinski definition) is 2. The van der Waals surface area contributed by atoms with Gasteiger partial charge in [-0.25, -0.2) is 0 Å². The zero-order valence-electron chi connectivity index (χ0n) is 15.9. The molecule has 6 nitrogen and oxygen atoms in total. The van der Waals surface area contributed by atoms with Gasteiger partial charge in [0.1, 0.15) is 0 Å². The predicted molar refractivity (Wildman–Crippen MR) is 107 cm³/mol. The summed E-state index contributed by atoms with van der Waals surface area (Å²) in [6.45, 7) is 6.17. The summed E-state index contributed by atoms with van der Waals surface area (Å²) in [6, 6.07) is 8.04. The number of halogens is 1. The van der Waals surface area contributed by atoms with Crippen molar-refractivity contribution in [3.63, 3.8) is 0 Å². The van der Waals surface area contributed by atoms with Crippen molar-refractivity contribution in [2.45, 2.75) is 38.3 Å². The number of nitrogens with zero attached hydrogens (tertiary/aromatic N) is 2. The summed E-state index contributed by atoms with van der Waals surface area (Å²) in [6.07, 6.45) is 3.06. The minimum atomic E-state index is 0.00201. The summed E-state index contributed by atoms with van der Waals surface area (Å²) in [7, 11) is 0. The van der Waals surface area contributed by atoms with Gasteiger partial charge in [-0.15, -0.1) is 0 Å². The molecular weight excluding hydrogens is 364 g/mol. The van der Waals surface area contributed by atoms with Crippen molar-refractivity contribution in [3.05, 3.63) is 34.9 Å². The molecule has 0 spiro atoms. The molecule has 1 saturated carbocycles. The number of carbonyl (C=O) groups is 2. The molecule has 1 unspecified atom stereocenters. The van der Waals surface area contributed by atoms with Crippen LogP contribution in [0.5, 0.6) is 0 Å². The molecule has 148 valence electrons. The molecule has 1 aliphatic heterocycles. The Morgan fingerprint density at radius 2 is 1.59 bits per heavy atom. The van der Waals surface area contributed by atoms with Crippen molar-refractivity contribution in [2.24, 2.45) is 0 Å². The van der Waals surface area contributed by atoms with Crippen molar-refractivity contribution < 1.29 is 9.59 Å². The fourth-order valence-electron chi connectivity index (χ4n) is 3.37. The van der Waals surface area contributed by atoms with Crippen LogP contribution in [0.1, 0.15) is 37.8 Å². The van der Waals surface area contributed by atoms with Gasteiger partial charge < -0.3 is 10.6 Å². The number of rotatable bonds is 8. The van der Waals surface area contributed by atoms with E-state index in [-0.39, 0.29) is 17.9 Å². The quantitative estimate of drug-likeness (QED) is 0.708. The first kappa shape index (κ1) is 20.1. The SMILES string of the molecule is CCC(NC(=O)CN1CCN(CC(=O)NC2CC2)CC1)c1ccc(Cl)cc1. The third-order valence-corrected chi connectivity index (χ3v) is 5.41. The minimum Gasteiger partial charge on any atom is -0.352 e. The Bertz CT molecular complexity index is 640. The molecular formula is C20H29ClN4O2. The molecule has 1 aromatic carbocycles. The Hall–Kier alpha value is -1.63. The second-order valence-electron chi connectivity index (χ2n) is 7.47. The average molecular weight is 393 g/mol. The molecule has 7 heteroatoms. The number of amides is 2. The van der Waals surface area contributed by atoms with E-state index in [0.717, 1.165) is 51.0 Å². The molecule has 2 amide bonds. The van der Waals surface area contributed by atoms with Gasteiger partial charge in [-0.1, -0.05) is 30.7 Å². The molecule has 0 aromatic heterocycles. The first-order valence-corrected chi connectivity index (χ1v) is 10.2. The lowest BCUT2D eigenvalue weighted by molar-refractivity contribution is -0.125.